The normalized spacial score (nSPS) is 16.8. The van der Waals surface area contributed by atoms with Crippen LogP contribution in [0.15, 0.2) is 35.2 Å². The fourth-order valence-electron chi connectivity index (χ4n) is 3.33. The van der Waals surface area contributed by atoms with Gasteiger partial charge in [0, 0.05) is 18.5 Å². The molecule has 1 aromatic heterocycles. The molecule has 1 heterocycles. The second-order valence-electron chi connectivity index (χ2n) is 5.93. The van der Waals surface area contributed by atoms with E-state index in [0.29, 0.717) is 19.4 Å². The monoisotopic (exact) mass is 330 g/mol. The molecule has 0 bridgehead atoms. The summed E-state index contributed by atoms with van der Waals surface area (Å²) in [6.45, 7) is 0.702. The highest BCUT2D eigenvalue weighted by Gasteiger charge is 2.28. The number of aromatic nitrogens is 1. The molecule has 1 N–H and O–H groups in total. The summed E-state index contributed by atoms with van der Waals surface area (Å²) in [5.74, 6) is 0.103. The molecule has 0 aliphatic heterocycles. The number of hydrogen-bond donors (Lipinski definition) is 1. The number of benzene rings is 1. The molecular weight excluding hydrogens is 308 g/mol. The average Bonchev–Trinajstić information content (AvgIpc) is 3.08. The van der Waals surface area contributed by atoms with Gasteiger partial charge in [0.25, 0.3) is 0 Å². The molecule has 5 heteroatoms. The van der Waals surface area contributed by atoms with Crippen molar-refractivity contribution in [2.24, 2.45) is 0 Å². The Kier molecular flexibility index (Phi) is 5.41. The number of fused-ring (bicyclic) bond motifs is 1. The maximum atomic E-state index is 12.8. The van der Waals surface area contributed by atoms with Crippen molar-refractivity contribution >= 4 is 17.2 Å². The van der Waals surface area contributed by atoms with Crippen LogP contribution in [0.3, 0.4) is 0 Å². The Morgan fingerprint density at radius 2 is 2.26 bits per heavy atom. The Hall–Kier alpha value is -1.72. The van der Waals surface area contributed by atoms with Crippen LogP contribution in [0.25, 0.3) is 0 Å². The van der Waals surface area contributed by atoms with E-state index in [1.54, 1.807) is 5.51 Å². The van der Waals surface area contributed by atoms with Crippen LogP contribution >= 0.6 is 11.3 Å². The minimum atomic E-state index is 0.103. The lowest BCUT2D eigenvalue weighted by molar-refractivity contribution is -0.133. The standard InChI is InChI=1S/C18H22N2O2S/c21-10-4-9-20(18(22)11-15-12-23-13-19-15)17-8-3-6-14-5-1-2-7-16(14)17/h1-2,5,7,12-13,17,21H,3-4,6,8-11H2. The van der Waals surface area contributed by atoms with Gasteiger partial charge in [-0.1, -0.05) is 24.3 Å². The zero-order chi connectivity index (χ0) is 16.1. The van der Waals surface area contributed by atoms with Crippen LogP contribution < -0.4 is 0 Å². The smallest absolute Gasteiger partial charge is 0.229 e. The molecule has 0 saturated carbocycles. The zero-order valence-corrected chi connectivity index (χ0v) is 14.0. The summed E-state index contributed by atoms with van der Waals surface area (Å²) < 4.78 is 0. The van der Waals surface area contributed by atoms with E-state index >= 15 is 0 Å². The van der Waals surface area contributed by atoms with Gasteiger partial charge in [0.05, 0.1) is 23.7 Å². The number of nitrogens with zero attached hydrogens (tertiary/aromatic N) is 2. The molecule has 1 atom stereocenters. The van der Waals surface area contributed by atoms with Crippen molar-refractivity contribution in [1.82, 2.24) is 9.88 Å². The molecule has 1 aliphatic rings. The van der Waals surface area contributed by atoms with Crippen LogP contribution in [-0.2, 0) is 17.6 Å². The Balaban J connectivity index is 1.83. The van der Waals surface area contributed by atoms with Crippen LogP contribution in [0.4, 0.5) is 0 Å². The summed E-state index contributed by atoms with van der Waals surface area (Å²) >= 11 is 1.51. The van der Waals surface area contributed by atoms with Gasteiger partial charge in [0.2, 0.25) is 5.91 Å². The number of aryl methyl sites for hydroxylation is 1. The van der Waals surface area contributed by atoms with E-state index in [4.69, 9.17) is 0 Å². The molecule has 122 valence electrons. The first-order chi connectivity index (χ1) is 11.3. The third kappa shape index (κ3) is 3.79. The van der Waals surface area contributed by atoms with Gasteiger partial charge in [-0.05, 0) is 36.8 Å². The van der Waals surface area contributed by atoms with Crippen molar-refractivity contribution in [2.45, 2.75) is 38.1 Å². The SMILES string of the molecule is O=C(Cc1cscn1)N(CCCO)C1CCCc2ccccc21. The molecule has 0 radical (unpaired) electrons. The summed E-state index contributed by atoms with van der Waals surface area (Å²) in [5.41, 5.74) is 5.21. The minimum Gasteiger partial charge on any atom is -0.396 e. The number of hydrogen-bond acceptors (Lipinski definition) is 4. The highest BCUT2D eigenvalue weighted by atomic mass is 32.1. The van der Waals surface area contributed by atoms with Crippen LogP contribution in [0.1, 0.15) is 42.1 Å². The van der Waals surface area contributed by atoms with Crippen molar-refractivity contribution in [3.63, 3.8) is 0 Å². The van der Waals surface area contributed by atoms with Gasteiger partial charge in [0.1, 0.15) is 0 Å². The fraction of sp³-hybridized carbons (Fsp3) is 0.444. The van der Waals surface area contributed by atoms with Gasteiger partial charge in [-0.15, -0.1) is 11.3 Å². The second-order valence-corrected chi connectivity index (χ2v) is 6.65. The maximum absolute atomic E-state index is 12.8. The second kappa shape index (κ2) is 7.70. The van der Waals surface area contributed by atoms with Crippen LogP contribution in [0, 0.1) is 0 Å². The number of aliphatic hydroxyl groups excluding tert-OH is 1. The van der Waals surface area contributed by atoms with E-state index in [1.807, 2.05) is 16.3 Å². The highest BCUT2D eigenvalue weighted by molar-refractivity contribution is 7.07. The van der Waals surface area contributed by atoms with Gasteiger partial charge in [0.15, 0.2) is 0 Å². The van der Waals surface area contributed by atoms with Crippen LogP contribution in [0.2, 0.25) is 0 Å². The van der Waals surface area contributed by atoms with E-state index < -0.39 is 0 Å². The molecule has 4 nitrogen and oxygen atoms in total. The van der Waals surface area contributed by atoms with E-state index in [0.717, 1.165) is 25.0 Å². The highest BCUT2D eigenvalue weighted by Crippen LogP contribution is 2.34. The summed E-state index contributed by atoms with van der Waals surface area (Å²) in [7, 11) is 0. The Morgan fingerprint density at radius 3 is 3.04 bits per heavy atom. The van der Waals surface area contributed by atoms with Gasteiger partial charge < -0.3 is 10.0 Å². The van der Waals surface area contributed by atoms with E-state index in [-0.39, 0.29) is 18.6 Å². The van der Waals surface area contributed by atoms with Gasteiger partial charge in [-0.2, -0.15) is 0 Å². The van der Waals surface area contributed by atoms with Crippen molar-refractivity contribution in [1.29, 1.82) is 0 Å². The molecular formula is C18H22N2O2S. The fourth-order valence-corrected chi connectivity index (χ4v) is 3.89. The van der Waals surface area contributed by atoms with Crippen molar-refractivity contribution in [3.8, 4) is 0 Å². The summed E-state index contributed by atoms with van der Waals surface area (Å²) in [6, 6.07) is 8.54. The first kappa shape index (κ1) is 16.1. The number of thiazole rings is 1. The first-order valence-electron chi connectivity index (χ1n) is 8.15. The maximum Gasteiger partial charge on any atom is 0.229 e. The summed E-state index contributed by atoms with van der Waals surface area (Å²) in [4.78, 5) is 19.0. The summed E-state index contributed by atoms with van der Waals surface area (Å²) in [5, 5.41) is 11.1. The average molecular weight is 330 g/mol. The van der Waals surface area contributed by atoms with Crippen molar-refractivity contribution < 1.29 is 9.90 Å². The van der Waals surface area contributed by atoms with E-state index in [9.17, 15) is 9.90 Å². The lowest BCUT2D eigenvalue weighted by Gasteiger charge is -2.36. The largest absolute Gasteiger partial charge is 0.396 e. The minimum absolute atomic E-state index is 0.103. The van der Waals surface area contributed by atoms with Gasteiger partial charge in [-0.25, -0.2) is 4.98 Å². The summed E-state index contributed by atoms with van der Waals surface area (Å²) in [6.07, 6.45) is 4.13. The van der Waals surface area contributed by atoms with Crippen molar-refractivity contribution in [3.05, 3.63) is 52.0 Å². The molecule has 0 saturated heterocycles. The first-order valence-corrected chi connectivity index (χ1v) is 9.09. The number of carbonyl (C=O) groups is 1. The predicted molar refractivity (Wildman–Crippen MR) is 91.4 cm³/mol. The molecule has 1 unspecified atom stereocenters. The molecule has 0 spiro atoms. The Labute approximate surface area is 140 Å². The van der Waals surface area contributed by atoms with Crippen molar-refractivity contribution in [2.75, 3.05) is 13.2 Å². The molecule has 23 heavy (non-hydrogen) atoms. The number of rotatable bonds is 6. The third-order valence-electron chi connectivity index (χ3n) is 4.41. The van der Waals surface area contributed by atoms with Crippen LogP contribution in [0.5, 0.6) is 0 Å². The lowest BCUT2D eigenvalue weighted by atomic mass is 9.86. The van der Waals surface area contributed by atoms with Gasteiger partial charge in [-0.3, -0.25) is 4.79 Å². The zero-order valence-electron chi connectivity index (χ0n) is 13.1. The van der Waals surface area contributed by atoms with Crippen LogP contribution in [-0.4, -0.2) is 34.0 Å². The van der Waals surface area contributed by atoms with Gasteiger partial charge >= 0.3 is 0 Å². The molecule has 2 aromatic rings. The predicted octanol–water partition coefficient (Wildman–Crippen LogP) is 2.97. The van der Waals surface area contributed by atoms with E-state index in [2.05, 4.69) is 23.2 Å². The quantitative estimate of drug-likeness (QED) is 0.886. The Morgan fingerprint density at radius 1 is 1.39 bits per heavy atom. The molecule has 1 aliphatic carbocycles. The lowest BCUT2D eigenvalue weighted by Crippen LogP contribution is -2.38. The number of aliphatic hydroxyl groups is 1. The molecule has 1 aromatic carbocycles. The third-order valence-corrected chi connectivity index (χ3v) is 5.04. The topological polar surface area (TPSA) is 53.4 Å². The molecule has 1 amide bonds. The Bertz CT molecular complexity index is 642. The van der Waals surface area contributed by atoms with E-state index in [1.165, 1.54) is 22.5 Å². The number of amides is 1. The molecule has 0 fully saturated rings. The number of carbonyl (C=O) groups excluding carboxylic acids is 1. The molecule has 3 rings (SSSR count).